The van der Waals surface area contributed by atoms with Crippen LogP contribution in [0.25, 0.3) is 0 Å². The van der Waals surface area contributed by atoms with E-state index in [0.29, 0.717) is 13.0 Å². The Balaban J connectivity index is 2.72. The smallest absolute Gasteiger partial charge is 0.326 e. The molecule has 2 N–H and O–H groups in total. The highest BCUT2D eigenvalue weighted by Gasteiger charge is 2.20. The van der Waals surface area contributed by atoms with Gasteiger partial charge in [-0.15, -0.1) is 0 Å². The summed E-state index contributed by atoms with van der Waals surface area (Å²) in [5.41, 5.74) is 0.0336. The van der Waals surface area contributed by atoms with Crippen molar-refractivity contribution in [2.45, 2.75) is 18.9 Å². The van der Waals surface area contributed by atoms with Crippen LogP contribution in [0.4, 0.5) is 4.39 Å². The number of carboxylic acids is 1. The van der Waals surface area contributed by atoms with Crippen LogP contribution in [0.1, 0.15) is 23.2 Å². The lowest BCUT2D eigenvalue weighted by atomic mass is 10.1. The first-order chi connectivity index (χ1) is 9.99. The number of amides is 1. The Hall–Kier alpha value is -2.15. The zero-order valence-corrected chi connectivity index (χ0v) is 11.9. The number of halogens is 1. The van der Waals surface area contributed by atoms with Crippen LogP contribution in [-0.4, -0.2) is 43.9 Å². The fraction of sp³-hybridized carbons (Fsp3) is 0.429. The van der Waals surface area contributed by atoms with E-state index < -0.39 is 23.7 Å². The molecule has 0 aromatic heterocycles. The first-order valence-electron chi connectivity index (χ1n) is 6.35. The van der Waals surface area contributed by atoms with Crippen molar-refractivity contribution in [1.82, 2.24) is 5.32 Å². The third kappa shape index (κ3) is 5.03. The molecule has 0 aliphatic heterocycles. The van der Waals surface area contributed by atoms with Gasteiger partial charge in [0.05, 0.1) is 7.11 Å². The van der Waals surface area contributed by atoms with Gasteiger partial charge in [0.2, 0.25) is 0 Å². The van der Waals surface area contributed by atoms with Gasteiger partial charge in [0.25, 0.3) is 5.91 Å². The number of rotatable bonds is 8. The normalized spacial score (nSPS) is 11.8. The Kier molecular flexibility index (Phi) is 6.61. The summed E-state index contributed by atoms with van der Waals surface area (Å²) in [5, 5.41) is 11.4. The van der Waals surface area contributed by atoms with E-state index in [2.05, 4.69) is 5.32 Å². The summed E-state index contributed by atoms with van der Waals surface area (Å²) >= 11 is 0. The molecule has 1 aromatic carbocycles. The number of hydrogen-bond donors (Lipinski definition) is 2. The predicted octanol–water partition coefficient (Wildman–Crippen LogP) is 1.44. The van der Waals surface area contributed by atoms with Crippen molar-refractivity contribution < 1.29 is 28.6 Å². The molecule has 0 saturated heterocycles. The van der Waals surface area contributed by atoms with Crippen molar-refractivity contribution in [3.63, 3.8) is 0 Å². The molecule has 1 atom stereocenters. The van der Waals surface area contributed by atoms with Crippen LogP contribution >= 0.6 is 0 Å². The summed E-state index contributed by atoms with van der Waals surface area (Å²) in [5.74, 6) is -2.47. The topological polar surface area (TPSA) is 84.9 Å². The summed E-state index contributed by atoms with van der Waals surface area (Å²) in [6, 6.07) is 2.64. The molecular formula is C14H18FNO5. The zero-order chi connectivity index (χ0) is 15.8. The molecule has 0 aliphatic carbocycles. The van der Waals surface area contributed by atoms with Crippen molar-refractivity contribution in [3.05, 3.63) is 29.6 Å². The van der Waals surface area contributed by atoms with Gasteiger partial charge in [0.15, 0.2) is 11.6 Å². The molecular weight excluding hydrogens is 281 g/mol. The van der Waals surface area contributed by atoms with Gasteiger partial charge in [-0.25, -0.2) is 9.18 Å². The SMILES string of the molecule is COCCCC(NC(=O)c1ccc(OC)c(F)c1)C(=O)O. The standard InChI is InChI=1S/C14H18FNO5/c1-20-7-3-4-11(14(18)19)16-13(17)9-5-6-12(21-2)10(15)8-9/h5-6,8,11H,3-4,7H2,1-2H3,(H,16,17)(H,18,19). The van der Waals surface area contributed by atoms with E-state index in [1.54, 1.807) is 0 Å². The molecule has 0 heterocycles. The minimum absolute atomic E-state index is 0.0152. The highest BCUT2D eigenvalue weighted by atomic mass is 19.1. The first-order valence-corrected chi connectivity index (χ1v) is 6.35. The minimum atomic E-state index is -1.14. The number of carbonyl (C=O) groups excluding carboxylic acids is 1. The lowest BCUT2D eigenvalue weighted by Gasteiger charge is -2.14. The maximum absolute atomic E-state index is 13.5. The average molecular weight is 299 g/mol. The van der Waals surface area contributed by atoms with Gasteiger partial charge in [0.1, 0.15) is 6.04 Å². The van der Waals surface area contributed by atoms with Crippen LogP contribution < -0.4 is 10.1 Å². The van der Waals surface area contributed by atoms with Crippen LogP contribution in [-0.2, 0) is 9.53 Å². The monoisotopic (exact) mass is 299 g/mol. The molecule has 0 saturated carbocycles. The number of carboxylic acid groups (broad SMARTS) is 1. The Morgan fingerprint density at radius 1 is 1.38 bits per heavy atom. The van der Waals surface area contributed by atoms with Crippen LogP contribution in [0.15, 0.2) is 18.2 Å². The van der Waals surface area contributed by atoms with E-state index in [-0.39, 0.29) is 17.7 Å². The molecule has 1 rings (SSSR count). The second kappa shape index (κ2) is 8.21. The fourth-order valence-corrected chi connectivity index (χ4v) is 1.74. The summed E-state index contributed by atoms with van der Waals surface area (Å²) in [7, 11) is 2.82. The molecule has 6 nitrogen and oxygen atoms in total. The van der Waals surface area contributed by atoms with Gasteiger partial charge in [-0.3, -0.25) is 4.79 Å². The van der Waals surface area contributed by atoms with E-state index >= 15 is 0 Å². The molecule has 116 valence electrons. The van der Waals surface area contributed by atoms with Crippen molar-refractivity contribution >= 4 is 11.9 Å². The maximum atomic E-state index is 13.5. The third-order valence-electron chi connectivity index (χ3n) is 2.86. The number of benzene rings is 1. The quantitative estimate of drug-likeness (QED) is 0.710. The van der Waals surface area contributed by atoms with Gasteiger partial charge < -0.3 is 19.9 Å². The maximum Gasteiger partial charge on any atom is 0.326 e. The number of ether oxygens (including phenoxy) is 2. The van der Waals surface area contributed by atoms with Gasteiger partial charge >= 0.3 is 5.97 Å². The molecule has 21 heavy (non-hydrogen) atoms. The van der Waals surface area contributed by atoms with E-state index in [0.717, 1.165) is 6.07 Å². The van der Waals surface area contributed by atoms with E-state index in [1.165, 1.54) is 26.4 Å². The predicted molar refractivity (Wildman–Crippen MR) is 73.0 cm³/mol. The fourth-order valence-electron chi connectivity index (χ4n) is 1.74. The molecule has 0 aliphatic rings. The van der Waals surface area contributed by atoms with Gasteiger partial charge in [-0.05, 0) is 31.0 Å². The molecule has 1 amide bonds. The lowest BCUT2D eigenvalue weighted by Crippen LogP contribution is -2.40. The Labute approximate surface area is 121 Å². The number of hydrogen-bond acceptors (Lipinski definition) is 4. The van der Waals surface area contributed by atoms with E-state index in [9.17, 15) is 14.0 Å². The first kappa shape index (κ1) is 16.9. The molecule has 7 heteroatoms. The van der Waals surface area contributed by atoms with Gasteiger partial charge in [-0.2, -0.15) is 0 Å². The second-order valence-electron chi connectivity index (χ2n) is 4.35. The average Bonchev–Trinajstić information content (AvgIpc) is 2.45. The largest absolute Gasteiger partial charge is 0.494 e. The molecule has 1 unspecified atom stereocenters. The Morgan fingerprint density at radius 3 is 2.62 bits per heavy atom. The summed E-state index contributed by atoms with van der Waals surface area (Å²) in [6.45, 7) is 0.400. The van der Waals surface area contributed by atoms with Crippen LogP contribution in [0.3, 0.4) is 0 Å². The van der Waals surface area contributed by atoms with E-state index in [4.69, 9.17) is 14.6 Å². The van der Waals surface area contributed by atoms with Gasteiger partial charge in [0, 0.05) is 19.3 Å². The van der Waals surface area contributed by atoms with Crippen molar-refractivity contribution in [1.29, 1.82) is 0 Å². The molecule has 0 fully saturated rings. The second-order valence-corrected chi connectivity index (χ2v) is 4.35. The molecule has 0 spiro atoms. The molecule has 0 radical (unpaired) electrons. The molecule has 1 aromatic rings. The number of aliphatic carboxylic acids is 1. The van der Waals surface area contributed by atoms with Crippen molar-refractivity contribution in [2.75, 3.05) is 20.8 Å². The lowest BCUT2D eigenvalue weighted by molar-refractivity contribution is -0.139. The number of carbonyl (C=O) groups is 2. The minimum Gasteiger partial charge on any atom is -0.494 e. The highest BCUT2D eigenvalue weighted by molar-refractivity contribution is 5.96. The number of nitrogens with one attached hydrogen (secondary N) is 1. The third-order valence-corrected chi connectivity index (χ3v) is 2.86. The Morgan fingerprint density at radius 2 is 2.10 bits per heavy atom. The highest BCUT2D eigenvalue weighted by Crippen LogP contribution is 2.17. The summed E-state index contributed by atoms with van der Waals surface area (Å²) in [6.07, 6.45) is 0.721. The van der Waals surface area contributed by atoms with Crippen LogP contribution in [0.5, 0.6) is 5.75 Å². The van der Waals surface area contributed by atoms with E-state index in [1.807, 2.05) is 0 Å². The Bertz CT molecular complexity index is 506. The number of methoxy groups -OCH3 is 2. The summed E-state index contributed by atoms with van der Waals surface area (Å²) in [4.78, 5) is 23.0. The zero-order valence-electron chi connectivity index (χ0n) is 11.9. The van der Waals surface area contributed by atoms with Crippen LogP contribution in [0.2, 0.25) is 0 Å². The van der Waals surface area contributed by atoms with Crippen LogP contribution in [0, 0.1) is 5.82 Å². The molecule has 0 bridgehead atoms. The van der Waals surface area contributed by atoms with Crippen molar-refractivity contribution in [2.24, 2.45) is 0 Å². The van der Waals surface area contributed by atoms with Crippen molar-refractivity contribution in [3.8, 4) is 5.75 Å². The van der Waals surface area contributed by atoms with Gasteiger partial charge in [-0.1, -0.05) is 0 Å². The summed E-state index contributed by atoms with van der Waals surface area (Å²) < 4.78 is 23.1.